The Hall–Kier alpha value is -2.01. The van der Waals surface area contributed by atoms with Crippen LogP contribution < -0.4 is 15.0 Å². The molecule has 1 aromatic heterocycles. The molecule has 0 radical (unpaired) electrons. The molecule has 1 unspecified atom stereocenters. The van der Waals surface area contributed by atoms with E-state index in [9.17, 15) is 4.79 Å². The first-order valence-corrected chi connectivity index (χ1v) is 7.60. The Morgan fingerprint density at radius 3 is 2.73 bits per heavy atom. The van der Waals surface area contributed by atoms with Crippen molar-refractivity contribution in [1.82, 2.24) is 4.57 Å². The number of pyridine rings is 1. The van der Waals surface area contributed by atoms with Gasteiger partial charge in [0.1, 0.15) is 0 Å². The molecule has 0 aliphatic carbocycles. The van der Waals surface area contributed by atoms with E-state index in [1.807, 2.05) is 12.3 Å². The molecule has 2 heterocycles. The summed E-state index contributed by atoms with van der Waals surface area (Å²) in [6, 6.07) is 5.46. The van der Waals surface area contributed by atoms with Crippen LogP contribution in [-0.2, 0) is 11.3 Å². The van der Waals surface area contributed by atoms with Crippen molar-refractivity contribution in [2.45, 2.75) is 31.9 Å². The van der Waals surface area contributed by atoms with E-state index in [1.54, 1.807) is 30.9 Å². The Morgan fingerprint density at radius 1 is 1.18 bits per heavy atom. The molecular weight excluding hydrogens is 282 g/mol. The maximum absolute atomic E-state index is 12.7. The predicted octanol–water partition coefficient (Wildman–Crippen LogP) is 2.59. The van der Waals surface area contributed by atoms with E-state index < -0.39 is 0 Å². The van der Waals surface area contributed by atoms with Crippen LogP contribution in [0.3, 0.4) is 0 Å². The normalized spacial score (nSPS) is 18.4. The Labute approximate surface area is 129 Å². The van der Waals surface area contributed by atoms with Gasteiger partial charge in [0, 0.05) is 18.2 Å². The van der Waals surface area contributed by atoms with Crippen LogP contribution in [0.5, 0.6) is 11.5 Å². The number of aromatic nitrogens is 1. The van der Waals surface area contributed by atoms with Crippen LogP contribution in [0.2, 0.25) is 0 Å². The topological polar surface area (TPSA) is 49.7 Å². The molecule has 5 nitrogen and oxygen atoms in total. The molecule has 0 spiro atoms. The van der Waals surface area contributed by atoms with Crippen LogP contribution in [-0.4, -0.2) is 31.5 Å². The standard InChI is InChI=1S/C17H21NO4/c1-20-15-7-6-14-13(16(15)21-2)8-9-18(17(14)19)11-12-5-3-4-10-22-12/h6-9,12H,3-5,10-11H2,1-2H3. The second kappa shape index (κ2) is 6.40. The van der Waals surface area contributed by atoms with Crippen molar-refractivity contribution in [2.24, 2.45) is 0 Å². The summed E-state index contributed by atoms with van der Waals surface area (Å²) in [4.78, 5) is 12.7. The fourth-order valence-electron chi connectivity index (χ4n) is 3.00. The molecule has 118 valence electrons. The second-order valence-corrected chi connectivity index (χ2v) is 5.52. The largest absolute Gasteiger partial charge is 0.493 e. The minimum absolute atomic E-state index is 0.0207. The molecule has 22 heavy (non-hydrogen) atoms. The molecular formula is C17H21NO4. The molecule has 1 fully saturated rings. The van der Waals surface area contributed by atoms with Gasteiger partial charge in [-0.25, -0.2) is 0 Å². The molecule has 0 saturated carbocycles. The van der Waals surface area contributed by atoms with Crippen LogP contribution in [0, 0.1) is 0 Å². The van der Waals surface area contributed by atoms with E-state index in [0.29, 0.717) is 23.4 Å². The lowest BCUT2D eigenvalue weighted by Gasteiger charge is -2.23. The SMILES string of the molecule is COc1ccc2c(=O)n(CC3CCCCO3)ccc2c1OC. The van der Waals surface area contributed by atoms with Gasteiger partial charge in [-0.2, -0.15) is 0 Å². The van der Waals surface area contributed by atoms with Crippen LogP contribution in [0.4, 0.5) is 0 Å². The maximum atomic E-state index is 12.7. The summed E-state index contributed by atoms with van der Waals surface area (Å²) in [6.45, 7) is 1.39. The van der Waals surface area contributed by atoms with Gasteiger partial charge in [0.05, 0.1) is 32.3 Å². The molecule has 0 amide bonds. The van der Waals surface area contributed by atoms with Crippen molar-refractivity contribution >= 4 is 10.8 Å². The number of rotatable bonds is 4. The molecule has 1 aliphatic rings. The fourth-order valence-corrected chi connectivity index (χ4v) is 3.00. The van der Waals surface area contributed by atoms with E-state index in [1.165, 1.54) is 0 Å². The Balaban J connectivity index is 2.00. The molecule has 0 bridgehead atoms. The minimum atomic E-state index is -0.0207. The summed E-state index contributed by atoms with van der Waals surface area (Å²) < 4.78 is 18.1. The number of benzene rings is 1. The van der Waals surface area contributed by atoms with Gasteiger partial charge in [-0.1, -0.05) is 0 Å². The van der Waals surface area contributed by atoms with E-state index in [-0.39, 0.29) is 11.7 Å². The summed E-state index contributed by atoms with van der Waals surface area (Å²) in [5.74, 6) is 1.22. The Kier molecular flexibility index (Phi) is 4.34. The number of methoxy groups -OCH3 is 2. The highest BCUT2D eigenvalue weighted by Gasteiger charge is 2.17. The smallest absolute Gasteiger partial charge is 0.258 e. The first-order valence-electron chi connectivity index (χ1n) is 7.60. The Morgan fingerprint density at radius 2 is 2.05 bits per heavy atom. The molecule has 0 N–H and O–H groups in total. The highest BCUT2D eigenvalue weighted by molar-refractivity contribution is 5.90. The number of hydrogen-bond acceptors (Lipinski definition) is 4. The third-order valence-corrected chi connectivity index (χ3v) is 4.17. The molecule has 5 heteroatoms. The molecule has 1 atom stereocenters. The summed E-state index contributed by atoms with van der Waals surface area (Å²) in [5.41, 5.74) is -0.0207. The van der Waals surface area contributed by atoms with Crippen molar-refractivity contribution in [2.75, 3.05) is 20.8 Å². The van der Waals surface area contributed by atoms with Crippen molar-refractivity contribution < 1.29 is 14.2 Å². The molecule has 3 rings (SSSR count). The zero-order valence-corrected chi connectivity index (χ0v) is 13.0. The lowest BCUT2D eigenvalue weighted by Crippen LogP contribution is -2.30. The zero-order chi connectivity index (χ0) is 15.5. The van der Waals surface area contributed by atoms with Crippen LogP contribution in [0.25, 0.3) is 10.8 Å². The predicted molar refractivity (Wildman–Crippen MR) is 84.9 cm³/mol. The summed E-state index contributed by atoms with van der Waals surface area (Å²) in [5, 5.41) is 1.41. The van der Waals surface area contributed by atoms with Gasteiger partial charge in [-0.15, -0.1) is 0 Å². The number of hydrogen-bond donors (Lipinski definition) is 0. The van der Waals surface area contributed by atoms with Gasteiger partial charge >= 0.3 is 0 Å². The van der Waals surface area contributed by atoms with Gasteiger partial charge in [0.15, 0.2) is 11.5 Å². The van der Waals surface area contributed by atoms with E-state index >= 15 is 0 Å². The van der Waals surface area contributed by atoms with Crippen molar-refractivity contribution in [3.05, 3.63) is 34.7 Å². The second-order valence-electron chi connectivity index (χ2n) is 5.52. The maximum Gasteiger partial charge on any atom is 0.258 e. The Bertz CT molecular complexity index is 716. The third-order valence-electron chi connectivity index (χ3n) is 4.17. The van der Waals surface area contributed by atoms with Gasteiger partial charge in [-0.3, -0.25) is 4.79 Å². The lowest BCUT2D eigenvalue weighted by atomic mass is 10.1. The van der Waals surface area contributed by atoms with E-state index in [4.69, 9.17) is 14.2 Å². The zero-order valence-electron chi connectivity index (χ0n) is 13.0. The molecule has 1 aliphatic heterocycles. The highest BCUT2D eigenvalue weighted by Crippen LogP contribution is 2.33. The summed E-state index contributed by atoms with van der Waals surface area (Å²) in [7, 11) is 3.17. The third kappa shape index (κ3) is 2.68. The van der Waals surface area contributed by atoms with Gasteiger partial charge in [0.2, 0.25) is 0 Å². The van der Waals surface area contributed by atoms with Crippen LogP contribution in [0.15, 0.2) is 29.2 Å². The quantitative estimate of drug-likeness (QED) is 0.871. The molecule has 1 saturated heterocycles. The van der Waals surface area contributed by atoms with Crippen molar-refractivity contribution in [3.8, 4) is 11.5 Å². The fraction of sp³-hybridized carbons (Fsp3) is 0.471. The molecule has 1 aromatic carbocycles. The lowest BCUT2D eigenvalue weighted by molar-refractivity contribution is 0.00551. The van der Waals surface area contributed by atoms with Crippen LogP contribution >= 0.6 is 0 Å². The van der Waals surface area contributed by atoms with Gasteiger partial charge in [0.25, 0.3) is 5.56 Å². The highest BCUT2D eigenvalue weighted by atomic mass is 16.5. The molecule has 2 aromatic rings. The van der Waals surface area contributed by atoms with Gasteiger partial charge in [-0.05, 0) is 37.5 Å². The van der Waals surface area contributed by atoms with E-state index in [2.05, 4.69) is 0 Å². The summed E-state index contributed by atoms with van der Waals surface area (Å²) in [6.07, 6.45) is 5.23. The van der Waals surface area contributed by atoms with E-state index in [0.717, 1.165) is 31.3 Å². The number of nitrogens with zero attached hydrogens (tertiary/aromatic N) is 1. The monoisotopic (exact) mass is 303 g/mol. The van der Waals surface area contributed by atoms with Crippen LogP contribution in [0.1, 0.15) is 19.3 Å². The number of fused-ring (bicyclic) bond motifs is 1. The van der Waals surface area contributed by atoms with Gasteiger partial charge < -0.3 is 18.8 Å². The number of ether oxygens (including phenoxy) is 3. The summed E-state index contributed by atoms with van der Waals surface area (Å²) >= 11 is 0. The minimum Gasteiger partial charge on any atom is -0.493 e. The van der Waals surface area contributed by atoms with Crippen molar-refractivity contribution in [3.63, 3.8) is 0 Å². The first-order chi connectivity index (χ1) is 10.7. The first kappa shape index (κ1) is 14.9. The van der Waals surface area contributed by atoms with Crippen molar-refractivity contribution in [1.29, 1.82) is 0 Å². The average molecular weight is 303 g/mol. The average Bonchev–Trinajstić information content (AvgIpc) is 2.57.